The van der Waals surface area contributed by atoms with Gasteiger partial charge < -0.3 is 20.3 Å². The van der Waals surface area contributed by atoms with Crippen molar-refractivity contribution in [1.29, 1.82) is 0 Å². The van der Waals surface area contributed by atoms with Crippen molar-refractivity contribution in [2.24, 2.45) is 0 Å². The highest BCUT2D eigenvalue weighted by atomic mass is 79.9. The molecule has 6 nitrogen and oxygen atoms in total. The fraction of sp³-hybridized carbons (Fsp3) is 0.273. The Labute approximate surface area is 112 Å². The van der Waals surface area contributed by atoms with E-state index in [1.165, 1.54) is 25.3 Å². The lowest BCUT2D eigenvalue weighted by molar-refractivity contribution is -0.148. The molecule has 1 rings (SSSR count). The van der Waals surface area contributed by atoms with E-state index >= 15 is 0 Å². The van der Waals surface area contributed by atoms with Gasteiger partial charge in [0.05, 0.1) is 11.0 Å². The SMILES string of the molecule is COC(CNC(=O)c1ccc(Br)c(O)c1)C(=O)O. The molecule has 1 unspecified atom stereocenters. The topological polar surface area (TPSA) is 95.9 Å². The minimum Gasteiger partial charge on any atom is -0.507 e. The summed E-state index contributed by atoms with van der Waals surface area (Å²) in [6, 6.07) is 4.30. The Kier molecular flexibility index (Phi) is 5.11. The number of rotatable bonds is 5. The Balaban J connectivity index is 2.65. The molecule has 0 aliphatic heterocycles. The van der Waals surface area contributed by atoms with Crippen molar-refractivity contribution < 1.29 is 24.5 Å². The van der Waals surface area contributed by atoms with Gasteiger partial charge in [-0.15, -0.1) is 0 Å². The number of hydrogen-bond donors (Lipinski definition) is 3. The average Bonchev–Trinajstić information content (AvgIpc) is 2.32. The van der Waals surface area contributed by atoms with E-state index in [0.29, 0.717) is 4.47 Å². The van der Waals surface area contributed by atoms with E-state index in [9.17, 15) is 14.7 Å². The van der Waals surface area contributed by atoms with Gasteiger partial charge in [0.1, 0.15) is 5.75 Å². The van der Waals surface area contributed by atoms with Gasteiger partial charge in [-0.3, -0.25) is 4.79 Å². The van der Waals surface area contributed by atoms with Gasteiger partial charge in [-0.2, -0.15) is 0 Å². The summed E-state index contributed by atoms with van der Waals surface area (Å²) >= 11 is 3.09. The van der Waals surface area contributed by atoms with Crippen molar-refractivity contribution in [3.05, 3.63) is 28.2 Å². The second-order valence-electron chi connectivity index (χ2n) is 3.44. The van der Waals surface area contributed by atoms with Crippen LogP contribution in [0.2, 0.25) is 0 Å². The van der Waals surface area contributed by atoms with E-state index < -0.39 is 18.0 Å². The van der Waals surface area contributed by atoms with Gasteiger partial charge in [0.15, 0.2) is 6.10 Å². The van der Waals surface area contributed by atoms with Crippen molar-refractivity contribution in [3.63, 3.8) is 0 Å². The summed E-state index contributed by atoms with van der Waals surface area (Å²) in [6.45, 7) is -0.151. The number of carboxylic acids is 1. The van der Waals surface area contributed by atoms with Gasteiger partial charge in [-0.25, -0.2) is 4.79 Å². The molecule has 0 aliphatic carbocycles. The van der Waals surface area contributed by atoms with Crippen LogP contribution in [0.3, 0.4) is 0 Å². The Hall–Kier alpha value is -1.60. The Morgan fingerprint density at radius 1 is 1.50 bits per heavy atom. The van der Waals surface area contributed by atoms with Crippen LogP contribution < -0.4 is 5.32 Å². The van der Waals surface area contributed by atoms with Crippen LogP contribution in [0, 0.1) is 0 Å². The smallest absolute Gasteiger partial charge is 0.334 e. The van der Waals surface area contributed by atoms with Gasteiger partial charge in [-0.05, 0) is 34.1 Å². The van der Waals surface area contributed by atoms with Crippen molar-refractivity contribution in [1.82, 2.24) is 5.32 Å². The number of carbonyl (C=O) groups excluding carboxylic acids is 1. The zero-order chi connectivity index (χ0) is 13.7. The van der Waals surface area contributed by atoms with Crippen LogP contribution in [-0.4, -0.2) is 41.8 Å². The lowest BCUT2D eigenvalue weighted by Crippen LogP contribution is -2.37. The molecule has 7 heteroatoms. The molecule has 18 heavy (non-hydrogen) atoms. The number of amides is 1. The largest absolute Gasteiger partial charge is 0.507 e. The number of benzene rings is 1. The number of halogens is 1. The third-order valence-electron chi connectivity index (χ3n) is 2.22. The van der Waals surface area contributed by atoms with Crippen LogP contribution in [0.1, 0.15) is 10.4 Å². The molecule has 0 aromatic heterocycles. The number of hydrogen-bond acceptors (Lipinski definition) is 4. The first-order chi connectivity index (χ1) is 8.45. The standard InChI is InChI=1S/C11H12BrNO5/c1-18-9(11(16)17)5-13-10(15)6-2-3-7(12)8(14)4-6/h2-4,9,14H,5H2,1H3,(H,13,15)(H,16,17). The minimum absolute atomic E-state index is 0.0656. The van der Waals surface area contributed by atoms with Crippen LogP contribution in [0.25, 0.3) is 0 Å². The van der Waals surface area contributed by atoms with Gasteiger partial charge in [0.25, 0.3) is 5.91 Å². The molecule has 0 fully saturated rings. The summed E-state index contributed by atoms with van der Waals surface area (Å²) in [5.41, 5.74) is 0.232. The van der Waals surface area contributed by atoms with E-state index in [-0.39, 0.29) is 17.9 Å². The molecular formula is C11H12BrNO5. The van der Waals surface area contributed by atoms with Gasteiger partial charge in [-0.1, -0.05) is 0 Å². The van der Waals surface area contributed by atoms with E-state index in [1.807, 2.05) is 0 Å². The van der Waals surface area contributed by atoms with E-state index in [2.05, 4.69) is 26.0 Å². The number of phenolic OH excluding ortho intramolecular Hbond substituents is 1. The number of carbonyl (C=O) groups is 2. The minimum atomic E-state index is -1.16. The number of phenols is 1. The van der Waals surface area contributed by atoms with Crippen LogP contribution in [0.5, 0.6) is 5.75 Å². The van der Waals surface area contributed by atoms with Crippen molar-refractivity contribution in [2.75, 3.05) is 13.7 Å². The van der Waals surface area contributed by atoms with Crippen LogP contribution in [0.4, 0.5) is 0 Å². The van der Waals surface area contributed by atoms with Crippen LogP contribution in [0.15, 0.2) is 22.7 Å². The molecule has 1 aromatic carbocycles. The molecule has 98 valence electrons. The molecule has 0 saturated heterocycles. The highest BCUT2D eigenvalue weighted by molar-refractivity contribution is 9.10. The molecule has 0 aliphatic rings. The summed E-state index contributed by atoms with van der Waals surface area (Å²) in [6.07, 6.45) is -1.10. The fourth-order valence-electron chi connectivity index (χ4n) is 1.21. The molecule has 0 saturated carbocycles. The molecule has 1 atom stereocenters. The number of nitrogens with one attached hydrogen (secondary N) is 1. The summed E-state index contributed by atoms with van der Waals surface area (Å²) in [4.78, 5) is 22.3. The first-order valence-electron chi connectivity index (χ1n) is 4.98. The Bertz CT molecular complexity index is 463. The lowest BCUT2D eigenvalue weighted by atomic mass is 10.2. The number of aliphatic carboxylic acids is 1. The number of ether oxygens (including phenoxy) is 1. The first kappa shape index (κ1) is 14.5. The Morgan fingerprint density at radius 2 is 2.17 bits per heavy atom. The second kappa shape index (κ2) is 6.36. The summed E-state index contributed by atoms with van der Waals surface area (Å²) in [7, 11) is 1.25. The average molecular weight is 318 g/mol. The van der Waals surface area contributed by atoms with Gasteiger partial charge in [0.2, 0.25) is 0 Å². The molecule has 0 spiro atoms. The van der Waals surface area contributed by atoms with Crippen molar-refractivity contribution in [3.8, 4) is 5.75 Å². The number of carboxylic acid groups (broad SMARTS) is 1. The van der Waals surface area contributed by atoms with Crippen molar-refractivity contribution >= 4 is 27.8 Å². The number of methoxy groups -OCH3 is 1. The zero-order valence-corrected chi connectivity index (χ0v) is 11.1. The zero-order valence-electron chi connectivity index (χ0n) is 9.51. The third kappa shape index (κ3) is 3.71. The number of aromatic hydroxyl groups is 1. The Morgan fingerprint density at radius 3 is 2.67 bits per heavy atom. The predicted octanol–water partition coefficient (Wildman–Crippen LogP) is 0.984. The summed E-state index contributed by atoms with van der Waals surface area (Å²) in [5, 5.41) is 20.5. The molecule has 0 bridgehead atoms. The summed E-state index contributed by atoms with van der Waals surface area (Å²) in [5.74, 6) is -1.71. The van der Waals surface area contributed by atoms with Gasteiger partial charge in [0, 0.05) is 12.7 Å². The van der Waals surface area contributed by atoms with Crippen LogP contribution >= 0.6 is 15.9 Å². The molecule has 0 radical (unpaired) electrons. The fourth-order valence-corrected chi connectivity index (χ4v) is 1.46. The first-order valence-corrected chi connectivity index (χ1v) is 5.77. The van der Waals surface area contributed by atoms with Crippen LogP contribution in [-0.2, 0) is 9.53 Å². The molecule has 3 N–H and O–H groups in total. The molecule has 1 aromatic rings. The molecule has 0 heterocycles. The maximum atomic E-state index is 11.7. The normalized spacial score (nSPS) is 11.9. The van der Waals surface area contributed by atoms with Gasteiger partial charge >= 0.3 is 5.97 Å². The predicted molar refractivity (Wildman–Crippen MR) is 66.6 cm³/mol. The lowest BCUT2D eigenvalue weighted by Gasteiger charge is -2.11. The van der Waals surface area contributed by atoms with E-state index in [1.54, 1.807) is 0 Å². The molecular weight excluding hydrogens is 306 g/mol. The van der Waals surface area contributed by atoms with E-state index in [4.69, 9.17) is 5.11 Å². The maximum Gasteiger partial charge on any atom is 0.334 e. The maximum absolute atomic E-state index is 11.7. The molecule has 1 amide bonds. The quantitative estimate of drug-likeness (QED) is 0.752. The highest BCUT2D eigenvalue weighted by Gasteiger charge is 2.17. The highest BCUT2D eigenvalue weighted by Crippen LogP contribution is 2.24. The summed E-state index contributed by atoms with van der Waals surface area (Å²) < 4.78 is 5.14. The third-order valence-corrected chi connectivity index (χ3v) is 2.89. The van der Waals surface area contributed by atoms with E-state index in [0.717, 1.165) is 0 Å². The van der Waals surface area contributed by atoms with Crippen molar-refractivity contribution in [2.45, 2.75) is 6.10 Å². The second-order valence-corrected chi connectivity index (χ2v) is 4.29. The monoisotopic (exact) mass is 317 g/mol.